The van der Waals surface area contributed by atoms with E-state index in [1.165, 1.54) is 6.26 Å². The molecule has 34 heavy (non-hydrogen) atoms. The average molecular weight is 494 g/mol. The van der Waals surface area contributed by atoms with E-state index in [1.807, 2.05) is 66.1 Å². The molecular weight excluding hydrogens is 470 g/mol. The maximum Gasteiger partial charge on any atom is 0.339 e. The number of carbonyl (C=O) groups excluding carboxylic acids is 1. The molecule has 7 heteroatoms. The first-order valence-electron chi connectivity index (χ1n) is 10.8. The minimum Gasteiger partial charge on any atom is -0.462 e. The number of halogens is 1. The van der Waals surface area contributed by atoms with E-state index in [0.29, 0.717) is 22.0 Å². The Morgan fingerprint density at radius 2 is 1.50 bits per heavy atom. The van der Waals surface area contributed by atoms with Crippen LogP contribution in [-0.4, -0.2) is 31.8 Å². The first-order valence-corrected chi connectivity index (χ1v) is 13.0. The summed E-state index contributed by atoms with van der Waals surface area (Å²) in [5.74, 6) is -0.419. The van der Waals surface area contributed by atoms with E-state index in [2.05, 4.69) is 0 Å². The van der Waals surface area contributed by atoms with Crippen LogP contribution in [-0.2, 0) is 14.6 Å². The highest BCUT2D eigenvalue weighted by atomic mass is 35.5. The van der Waals surface area contributed by atoms with Crippen LogP contribution in [0.25, 0.3) is 28.1 Å². The molecular formula is C27H24ClNO4S. The van der Waals surface area contributed by atoms with Crippen molar-refractivity contribution in [1.82, 2.24) is 4.57 Å². The Balaban J connectivity index is 1.86. The molecule has 0 bridgehead atoms. The van der Waals surface area contributed by atoms with Gasteiger partial charge in [-0.25, -0.2) is 13.2 Å². The average Bonchev–Trinajstić information content (AvgIpc) is 3.16. The van der Waals surface area contributed by atoms with Gasteiger partial charge in [0.2, 0.25) is 0 Å². The molecule has 5 nitrogen and oxygen atoms in total. The molecule has 0 amide bonds. The summed E-state index contributed by atoms with van der Waals surface area (Å²) in [5, 5.41) is 0.677. The fourth-order valence-corrected chi connectivity index (χ4v) is 4.68. The largest absolute Gasteiger partial charge is 0.462 e. The van der Waals surface area contributed by atoms with Crippen molar-refractivity contribution in [3.8, 4) is 28.1 Å². The lowest BCUT2D eigenvalue weighted by atomic mass is 10.0. The Bertz CT molecular complexity index is 1450. The fraction of sp³-hybridized carbons (Fsp3) is 0.148. The van der Waals surface area contributed by atoms with Crippen molar-refractivity contribution in [2.75, 3.05) is 12.9 Å². The first kappa shape index (κ1) is 23.8. The van der Waals surface area contributed by atoms with Gasteiger partial charge in [-0.3, -0.25) is 0 Å². The van der Waals surface area contributed by atoms with Crippen LogP contribution in [0.2, 0.25) is 5.02 Å². The number of aromatic nitrogens is 1. The summed E-state index contributed by atoms with van der Waals surface area (Å²) in [6.07, 6.45) is 1.18. The van der Waals surface area contributed by atoms with Gasteiger partial charge in [-0.05, 0) is 66.9 Å². The molecule has 0 fully saturated rings. The Labute approximate surface area is 204 Å². The molecule has 1 heterocycles. The highest BCUT2D eigenvalue weighted by Gasteiger charge is 2.21. The molecule has 0 radical (unpaired) electrons. The number of hydrogen-bond donors (Lipinski definition) is 0. The molecule has 0 aliphatic carbocycles. The van der Waals surface area contributed by atoms with Crippen molar-refractivity contribution in [2.24, 2.45) is 0 Å². The van der Waals surface area contributed by atoms with Gasteiger partial charge in [0.1, 0.15) is 0 Å². The molecule has 0 spiro atoms. The van der Waals surface area contributed by atoms with Crippen molar-refractivity contribution in [2.45, 2.75) is 18.7 Å². The Hall–Kier alpha value is -3.35. The second-order valence-corrected chi connectivity index (χ2v) is 10.4. The summed E-state index contributed by atoms with van der Waals surface area (Å²) in [5.41, 5.74) is 5.45. The van der Waals surface area contributed by atoms with Gasteiger partial charge in [-0.15, -0.1) is 0 Å². The van der Waals surface area contributed by atoms with Crippen LogP contribution in [0, 0.1) is 6.92 Å². The van der Waals surface area contributed by atoms with E-state index in [4.69, 9.17) is 16.3 Å². The number of rotatable bonds is 6. The van der Waals surface area contributed by atoms with Crippen molar-refractivity contribution < 1.29 is 17.9 Å². The van der Waals surface area contributed by atoms with Crippen LogP contribution in [0.3, 0.4) is 0 Å². The lowest BCUT2D eigenvalue weighted by molar-refractivity contribution is 0.0525. The zero-order valence-corrected chi connectivity index (χ0v) is 20.7. The van der Waals surface area contributed by atoms with Crippen molar-refractivity contribution in [1.29, 1.82) is 0 Å². The van der Waals surface area contributed by atoms with Gasteiger partial charge in [0.05, 0.1) is 22.8 Å². The van der Waals surface area contributed by atoms with E-state index in [-0.39, 0.29) is 11.5 Å². The SMILES string of the molecule is CCOC(=O)c1cc(-c2ccc(-c3ccc(Cl)cc3)cc2)n(-c2cccc(S(C)(=O)=O)c2)c1C. The third kappa shape index (κ3) is 4.79. The number of ether oxygens (including phenoxy) is 1. The number of sulfone groups is 1. The quantitative estimate of drug-likeness (QED) is 0.293. The monoisotopic (exact) mass is 493 g/mol. The summed E-state index contributed by atoms with van der Waals surface area (Å²) in [7, 11) is -3.40. The van der Waals surface area contributed by atoms with Gasteiger partial charge < -0.3 is 9.30 Å². The standard InChI is InChI=1S/C27H24ClNO4S/c1-4-33-27(30)25-17-26(21-10-8-19(9-11-21)20-12-14-22(28)15-13-20)29(18(25)2)23-6-5-7-24(16-23)34(3,31)32/h5-17H,4H2,1-3H3. The summed E-state index contributed by atoms with van der Waals surface area (Å²) in [4.78, 5) is 12.9. The lowest BCUT2D eigenvalue weighted by Crippen LogP contribution is -2.07. The third-order valence-electron chi connectivity index (χ3n) is 5.60. The fourth-order valence-electron chi connectivity index (χ4n) is 3.90. The summed E-state index contributed by atoms with van der Waals surface area (Å²) in [6, 6.07) is 24.0. The smallest absolute Gasteiger partial charge is 0.339 e. The summed E-state index contributed by atoms with van der Waals surface area (Å²) < 4.78 is 31.5. The molecule has 4 aromatic rings. The summed E-state index contributed by atoms with van der Waals surface area (Å²) >= 11 is 6.01. The van der Waals surface area contributed by atoms with Crippen molar-refractivity contribution in [3.05, 3.63) is 95.1 Å². The normalized spacial score (nSPS) is 11.4. The predicted octanol–water partition coefficient (Wildman–Crippen LogP) is 6.35. The highest BCUT2D eigenvalue weighted by molar-refractivity contribution is 7.90. The van der Waals surface area contributed by atoms with Crippen LogP contribution in [0.1, 0.15) is 23.0 Å². The Kier molecular flexibility index (Phi) is 6.64. The van der Waals surface area contributed by atoms with Crippen LogP contribution < -0.4 is 0 Å². The molecule has 0 aliphatic heterocycles. The zero-order valence-electron chi connectivity index (χ0n) is 19.1. The minimum atomic E-state index is -3.40. The van der Waals surface area contributed by atoms with E-state index in [1.54, 1.807) is 31.2 Å². The summed E-state index contributed by atoms with van der Waals surface area (Å²) in [6.45, 7) is 3.85. The molecule has 0 saturated heterocycles. The lowest BCUT2D eigenvalue weighted by Gasteiger charge is -2.14. The van der Waals surface area contributed by atoms with Gasteiger partial charge in [0, 0.05) is 22.7 Å². The zero-order chi connectivity index (χ0) is 24.5. The molecule has 174 valence electrons. The maximum absolute atomic E-state index is 12.6. The van der Waals surface area contributed by atoms with Crippen LogP contribution >= 0.6 is 11.6 Å². The molecule has 0 atom stereocenters. The topological polar surface area (TPSA) is 65.4 Å². The van der Waals surface area contributed by atoms with Gasteiger partial charge in [-0.1, -0.05) is 54.1 Å². The minimum absolute atomic E-state index is 0.208. The van der Waals surface area contributed by atoms with Crippen molar-refractivity contribution in [3.63, 3.8) is 0 Å². The predicted molar refractivity (Wildman–Crippen MR) is 135 cm³/mol. The number of benzene rings is 3. The molecule has 0 aliphatic rings. The van der Waals surface area contributed by atoms with Crippen LogP contribution in [0.15, 0.2) is 83.8 Å². The molecule has 3 aromatic carbocycles. The van der Waals surface area contributed by atoms with E-state index in [0.717, 1.165) is 22.4 Å². The molecule has 0 N–H and O–H groups in total. The van der Waals surface area contributed by atoms with Gasteiger partial charge in [0.15, 0.2) is 9.84 Å². The third-order valence-corrected chi connectivity index (χ3v) is 6.97. The Morgan fingerprint density at radius 3 is 2.09 bits per heavy atom. The first-order chi connectivity index (χ1) is 16.2. The van der Waals surface area contributed by atoms with E-state index in [9.17, 15) is 13.2 Å². The number of nitrogens with zero attached hydrogens (tertiary/aromatic N) is 1. The van der Waals surface area contributed by atoms with Gasteiger partial charge in [-0.2, -0.15) is 0 Å². The molecule has 4 rings (SSSR count). The number of esters is 1. The maximum atomic E-state index is 12.6. The second-order valence-electron chi connectivity index (χ2n) is 7.94. The Morgan fingerprint density at radius 1 is 0.912 bits per heavy atom. The molecule has 1 aromatic heterocycles. The van der Waals surface area contributed by atoms with Crippen molar-refractivity contribution >= 4 is 27.4 Å². The second kappa shape index (κ2) is 9.49. The number of hydrogen-bond acceptors (Lipinski definition) is 4. The number of carbonyl (C=O) groups is 1. The highest BCUT2D eigenvalue weighted by Crippen LogP contribution is 2.32. The van der Waals surface area contributed by atoms with Gasteiger partial charge in [0.25, 0.3) is 0 Å². The molecule has 0 unspecified atom stereocenters. The van der Waals surface area contributed by atoms with E-state index < -0.39 is 15.8 Å². The van der Waals surface area contributed by atoms with Crippen LogP contribution in [0.4, 0.5) is 0 Å². The molecule has 0 saturated carbocycles. The van der Waals surface area contributed by atoms with Crippen LogP contribution in [0.5, 0.6) is 0 Å². The van der Waals surface area contributed by atoms with E-state index >= 15 is 0 Å². The van der Waals surface area contributed by atoms with Gasteiger partial charge >= 0.3 is 5.97 Å².